The molecule has 0 amide bonds. The Morgan fingerprint density at radius 1 is 0.735 bits per heavy atom. The lowest BCUT2D eigenvalue weighted by molar-refractivity contribution is 0.132. The zero-order chi connectivity index (χ0) is 24.2. The van der Waals surface area contributed by atoms with Crippen molar-refractivity contribution in [3.8, 4) is 11.1 Å². The highest BCUT2D eigenvalue weighted by molar-refractivity contribution is 5.66. The molecule has 0 N–H and O–H groups in total. The normalized spacial score (nSPS) is 25.2. The maximum Gasteiger partial charge on any atom is 0.167 e. The van der Waals surface area contributed by atoms with Crippen LogP contribution in [0, 0.1) is 41.0 Å². The second-order valence-electron chi connectivity index (χ2n) is 9.97. The SMILES string of the molecule is C/C=C/CCc1ccc(-c2ccc(C3CCC4CC(/C=C/C)CCC4C3)c(F)c2F)c(F)c1F. The van der Waals surface area contributed by atoms with Gasteiger partial charge in [0, 0.05) is 11.1 Å². The van der Waals surface area contributed by atoms with E-state index in [-0.39, 0.29) is 22.6 Å². The first-order valence-corrected chi connectivity index (χ1v) is 12.6. The molecule has 4 rings (SSSR count). The van der Waals surface area contributed by atoms with Crippen molar-refractivity contribution in [2.45, 2.75) is 71.1 Å². The Kier molecular flexibility index (Phi) is 7.95. The van der Waals surface area contributed by atoms with Gasteiger partial charge in [-0.25, -0.2) is 17.6 Å². The third-order valence-electron chi connectivity index (χ3n) is 7.94. The van der Waals surface area contributed by atoms with Crippen molar-refractivity contribution in [2.24, 2.45) is 17.8 Å². The quantitative estimate of drug-likeness (QED) is 0.291. The van der Waals surface area contributed by atoms with Crippen molar-refractivity contribution < 1.29 is 17.6 Å². The fourth-order valence-corrected chi connectivity index (χ4v) is 6.14. The van der Waals surface area contributed by atoms with Crippen molar-refractivity contribution in [3.05, 3.63) is 83.0 Å². The van der Waals surface area contributed by atoms with Gasteiger partial charge in [-0.15, -0.1) is 0 Å². The number of rotatable bonds is 6. The average Bonchev–Trinajstić information content (AvgIpc) is 2.84. The van der Waals surface area contributed by atoms with Crippen molar-refractivity contribution >= 4 is 0 Å². The molecule has 0 bridgehead atoms. The number of hydrogen-bond acceptors (Lipinski definition) is 0. The lowest BCUT2D eigenvalue weighted by Gasteiger charge is -2.42. The zero-order valence-corrected chi connectivity index (χ0v) is 20.1. The fourth-order valence-electron chi connectivity index (χ4n) is 6.14. The van der Waals surface area contributed by atoms with Gasteiger partial charge in [0.2, 0.25) is 0 Å². The van der Waals surface area contributed by atoms with Gasteiger partial charge < -0.3 is 0 Å². The van der Waals surface area contributed by atoms with Crippen LogP contribution in [-0.4, -0.2) is 0 Å². The van der Waals surface area contributed by atoms with Gasteiger partial charge in [0.25, 0.3) is 0 Å². The third kappa shape index (κ3) is 5.01. The minimum atomic E-state index is -1.12. The van der Waals surface area contributed by atoms with E-state index in [0.717, 1.165) is 32.1 Å². The largest absolute Gasteiger partial charge is 0.203 e. The van der Waals surface area contributed by atoms with E-state index < -0.39 is 23.3 Å². The predicted octanol–water partition coefficient (Wildman–Crippen LogP) is 9.29. The summed E-state index contributed by atoms with van der Waals surface area (Å²) >= 11 is 0. The van der Waals surface area contributed by atoms with Crippen LogP contribution in [0.25, 0.3) is 11.1 Å². The van der Waals surface area contributed by atoms with Crippen LogP contribution in [0.2, 0.25) is 0 Å². The van der Waals surface area contributed by atoms with E-state index in [2.05, 4.69) is 19.1 Å². The summed E-state index contributed by atoms with van der Waals surface area (Å²) in [6.07, 6.45) is 15.3. The molecule has 0 aromatic heterocycles. The van der Waals surface area contributed by atoms with Crippen LogP contribution in [0.3, 0.4) is 0 Å². The second-order valence-corrected chi connectivity index (χ2v) is 9.97. The summed E-state index contributed by atoms with van der Waals surface area (Å²) in [4.78, 5) is 0. The number of aryl methyl sites for hydroxylation is 1. The average molecular weight is 471 g/mol. The van der Waals surface area contributed by atoms with Crippen LogP contribution in [0.4, 0.5) is 17.6 Å². The molecule has 34 heavy (non-hydrogen) atoms. The molecule has 2 aromatic carbocycles. The summed E-state index contributed by atoms with van der Waals surface area (Å²) < 4.78 is 59.8. The third-order valence-corrected chi connectivity index (χ3v) is 7.94. The first kappa shape index (κ1) is 24.8. The smallest absolute Gasteiger partial charge is 0.167 e. The molecule has 2 saturated carbocycles. The maximum absolute atomic E-state index is 15.2. The van der Waals surface area contributed by atoms with E-state index in [1.165, 1.54) is 24.6 Å². The van der Waals surface area contributed by atoms with Gasteiger partial charge in [-0.05, 0) is 100 Å². The number of halogens is 4. The Morgan fingerprint density at radius 2 is 1.41 bits per heavy atom. The molecule has 182 valence electrons. The van der Waals surface area contributed by atoms with Gasteiger partial charge in [-0.3, -0.25) is 0 Å². The minimum absolute atomic E-state index is 0.0290. The van der Waals surface area contributed by atoms with Crippen LogP contribution in [-0.2, 0) is 6.42 Å². The highest BCUT2D eigenvalue weighted by Crippen LogP contribution is 2.48. The zero-order valence-electron chi connectivity index (χ0n) is 20.1. The molecule has 0 saturated heterocycles. The molecular formula is C30H34F4. The van der Waals surface area contributed by atoms with Crippen LogP contribution >= 0.6 is 0 Å². The Balaban J connectivity index is 1.54. The monoisotopic (exact) mass is 470 g/mol. The highest BCUT2D eigenvalue weighted by Gasteiger charge is 2.36. The summed E-state index contributed by atoms with van der Waals surface area (Å²) in [6.45, 7) is 3.92. The van der Waals surface area contributed by atoms with Gasteiger partial charge in [0.15, 0.2) is 23.3 Å². The molecular weight excluding hydrogens is 436 g/mol. The van der Waals surface area contributed by atoms with E-state index in [0.29, 0.717) is 36.2 Å². The highest BCUT2D eigenvalue weighted by atomic mass is 19.2. The van der Waals surface area contributed by atoms with Crippen LogP contribution in [0.15, 0.2) is 48.6 Å². The summed E-state index contributed by atoms with van der Waals surface area (Å²) in [5, 5.41) is 0. The summed E-state index contributed by atoms with van der Waals surface area (Å²) in [7, 11) is 0. The molecule has 4 unspecified atom stereocenters. The van der Waals surface area contributed by atoms with E-state index in [1.807, 2.05) is 19.1 Å². The molecule has 2 aliphatic rings. The lowest BCUT2D eigenvalue weighted by Crippen LogP contribution is -2.30. The topological polar surface area (TPSA) is 0 Å². The minimum Gasteiger partial charge on any atom is -0.203 e. The Bertz CT molecular complexity index is 1070. The van der Waals surface area contributed by atoms with E-state index in [9.17, 15) is 8.78 Å². The first-order valence-electron chi connectivity index (χ1n) is 12.6. The molecule has 4 heteroatoms. The van der Waals surface area contributed by atoms with Gasteiger partial charge in [-0.2, -0.15) is 0 Å². The molecule has 2 fully saturated rings. The Labute approximate surface area is 200 Å². The van der Waals surface area contributed by atoms with Crippen molar-refractivity contribution in [3.63, 3.8) is 0 Å². The maximum atomic E-state index is 15.2. The molecule has 2 aliphatic carbocycles. The van der Waals surface area contributed by atoms with Crippen LogP contribution in [0.5, 0.6) is 0 Å². The first-order chi connectivity index (χ1) is 16.4. The van der Waals surface area contributed by atoms with Gasteiger partial charge in [0.1, 0.15) is 0 Å². The summed E-state index contributed by atoms with van der Waals surface area (Å²) in [6, 6.07) is 5.82. The van der Waals surface area contributed by atoms with Crippen molar-refractivity contribution in [1.29, 1.82) is 0 Å². The summed E-state index contributed by atoms with van der Waals surface area (Å²) in [5.41, 5.74) is 0.149. The molecule has 4 atom stereocenters. The number of benzene rings is 2. The van der Waals surface area contributed by atoms with Gasteiger partial charge in [0.05, 0.1) is 0 Å². The van der Waals surface area contributed by atoms with Gasteiger partial charge >= 0.3 is 0 Å². The summed E-state index contributed by atoms with van der Waals surface area (Å²) in [5.74, 6) is -2.30. The molecule has 2 aromatic rings. The Morgan fingerprint density at radius 3 is 2.15 bits per heavy atom. The molecule has 0 spiro atoms. The Hall–Kier alpha value is -2.36. The number of allylic oxidation sites excluding steroid dienone is 4. The molecule has 0 heterocycles. The second kappa shape index (κ2) is 10.9. The predicted molar refractivity (Wildman–Crippen MR) is 131 cm³/mol. The van der Waals surface area contributed by atoms with E-state index >= 15 is 8.78 Å². The van der Waals surface area contributed by atoms with Crippen molar-refractivity contribution in [2.75, 3.05) is 0 Å². The van der Waals surface area contributed by atoms with Crippen LogP contribution < -0.4 is 0 Å². The van der Waals surface area contributed by atoms with Crippen LogP contribution in [0.1, 0.15) is 75.8 Å². The number of fused-ring (bicyclic) bond motifs is 1. The standard InChI is InChI=1S/C30H34F4/c1-3-5-6-8-20-13-14-25(29(33)27(20)31)26-16-15-24(28(32)30(26)34)23-12-11-21-17-19(7-4-2)9-10-22(21)18-23/h3-5,7,13-16,19,21-23H,6,8-12,17-18H2,1-2H3/b5-3+,7-4+. The lowest BCUT2D eigenvalue weighted by atomic mass is 9.64. The number of hydrogen-bond donors (Lipinski definition) is 0. The fraction of sp³-hybridized carbons (Fsp3) is 0.467. The van der Waals surface area contributed by atoms with Gasteiger partial charge in [-0.1, -0.05) is 48.6 Å². The molecule has 0 aliphatic heterocycles. The molecule has 0 nitrogen and oxygen atoms in total. The molecule has 0 radical (unpaired) electrons. The van der Waals surface area contributed by atoms with E-state index in [1.54, 1.807) is 6.07 Å². The van der Waals surface area contributed by atoms with E-state index in [4.69, 9.17) is 0 Å². The van der Waals surface area contributed by atoms with Crippen molar-refractivity contribution in [1.82, 2.24) is 0 Å².